The fraction of sp³-hybridized carbons (Fsp3) is 0.278. The average molecular weight is 331 g/mol. The Balaban J connectivity index is 2.80. The summed E-state index contributed by atoms with van der Waals surface area (Å²) >= 11 is 0. The van der Waals surface area contributed by atoms with Crippen LogP contribution in [-0.4, -0.2) is 46.5 Å². The highest BCUT2D eigenvalue weighted by Crippen LogP contribution is 2.47. The number of ether oxygens (including phenoxy) is 3. The van der Waals surface area contributed by atoms with Crippen molar-refractivity contribution in [3.8, 4) is 28.4 Å². The Morgan fingerprint density at radius 2 is 1.58 bits per heavy atom. The van der Waals surface area contributed by atoms with Gasteiger partial charge in [-0.3, -0.25) is 0 Å². The third kappa shape index (κ3) is 3.08. The second-order valence-corrected chi connectivity index (χ2v) is 5.32. The molecule has 0 fully saturated rings. The zero-order valence-corrected chi connectivity index (χ0v) is 14.4. The van der Waals surface area contributed by atoms with Crippen LogP contribution in [0.5, 0.6) is 17.2 Å². The van der Waals surface area contributed by atoms with E-state index in [0.717, 1.165) is 11.3 Å². The monoisotopic (exact) mass is 331 g/mol. The van der Waals surface area contributed by atoms with Crippen LogP contribution in [0.2, 0.25) is 0 Å². The van der Waals surface area contributed by atoms with Crippen LogP contribution in [0, 0.1) is 0 Å². The zero-order valence-electron chi connectivity index (χ0n) is 14.4. The Hall–Kier alpha value is -2.89. The molecule has 6 nitrogen and oxygen atoms in total. The average Bonchev–Trinajstić information content (AvgIpc) is 2.59. The van der Waals surface area contributed by atoms with Gasteiger partial charge in [-0.25, -0.2) is 4.79 Å². The van der Waals surface area contributed by atoms with Gasteiger partial charge in [0.2, 0.25) is 5.75 Å². The Labute approximate surface area is 141 Å². The third-order valence-corrected chi connectivity index (χ3v) is 3.71. The van der Waals surface area contributed by atoms with Crippen LogP contribution >= 0.6 is 0 Å². The van der Waals surface area contributed by atoms with Crippen LogP contribution in [0.15, 0.2) is 30.3 Å². The first-order valence-electron chi connectivity index (χ1n) is 7.28. The summed E-state index contributed by atoms with van der Waals surface area (Å²) in [6, 6.07) is 9.26. The molecule has 2 rings (SSSR count). The summed E-state index contributed by atoms with van der Waals surface area (Å²) in [4.78, 5) is 13.6. The highest BCUT2D eigenvalue weighted by molar-refractivity contribution is 5.96. The summed E-state index contributed by atoms with van der Waals surface area (Å²) in [6.45, 7) is 0. The second kappa shape index (κ2) is 7.12. The number of carboxylic acids is 1. The van der Waals surface area contributed by atoms with Crippen molar-refractivity contribution in [3.05, 3.63) is 35.9 Å². The lowest BCUT2D eigenvalue weighted by molar-refractivity contribution is 0.0692. The minimum Gasteiger partial charge on any atom is -0.492 e. The Morgan fingerprint density at radius 3 is 2.08 bits per heavy atom. The molecule has 0 aliphatic heterocycles. The normalized spacial score (nSPS) is 10.2. The highest BCUT2D eigenvalue weighted by atomic mass is 16.5. The predicted octanol–water partition coefficient (Wildman–Crippen LogP) is 3.14. The molecule has 0 aromatic heterocycles. The van der Waals surface area contributed by atoms with Gasteiger partial charge in [0.15, 0.2) is 11.5 Å². The molecular weight excluding hydrogens is 310 g/mol. The van der Waals surface area contributed by atoms with Crippen molar-refractivity contribution in [2.45, 2.75) is 0 Å². The standard InChI is InChI=1S/C18H21NO5/c1-19(2)12-8-6-7-11(9-12)13-10-14(18(20)21)16(23-4)17(24-5)15(13)22-3/h6-10H,1-5H3,(H,20,21). The van der Waals surface area contributed by atoms with Gasteiger partial charge < -0.3 is 24.2 Å². The van der Waals surface area contributed by atoms with Crippen LogP contribution < -0.4 is 19.1 Å². The van der Waals surface area contributed by atoms with E-state index in [2.05, 4.69) is 0 Å². The van der Waals surface area contributed by atoms with Gasteiger partial charge in [-0.15, -0.1) is 0 Å². The lowest BCUT2D eigenvalue weighted by Crippen LogP contribution is -2.08. The van der Waals surface area contributed by atoms with E-state index < -0.39 is 5.97 Å². The number of hydrogen-bond donors (Lipinski definition) is 1. The summed E-state index contributed by atoms with van der Waals surface area (Å²) in [6.07, 6.45) is 0. The summed E-state index contributed by atoms with van der Waals surface area (Å²) in [5, 5.41) is 9.51. The number of hydrogen-bond acceptors (Lipinski definition) is 5. The molecule has 0 bridgehead atoms. The molecule has 0 amide bonds. The molecule has 0 atom stereocenters. The summed E-state index contributed by atoms with van der Waals surface area (Å²) in [5.41, 5.74) is 2.44. The molecule has 2 aromatic carbocycles. The van der Waals surface area contributed by atoms with Crippen LogP contribution in [0.1, 0.15) is 10.4 Å². The largest absolute Gasteiger partial charge is 0.492 e. The first kappa shape index (κ1) is 17.5. The van der Waals surface area contributed by atoms with Crippen LogP contribution in [-0.2, 0) is 0 Å². The van der Waals surface area contributed by atoms with E-state index in [-0.39, 0.29) is 17.1 Å². The molecule has 128 valence electrons. The van der Waals surface area contributed by atoms with Crippen molar-refractivity contribution < 1.29 is 24.1 Å². The summed E-state index contributed by atoms with van der Waals surface area (Å²) in [5.74, 6) is -0.285. The molecule has 0 radical (unpaired) electrons. The zero-order chi connectivity index (χ0) is 17.9. The van der Waals surface area contributed by atoms with E-state index in [1.54, 1.807) is 0 Å². The van der Waals surface area contributed by atoms with E-state index in [1.807, 2.05) is 43.3 Å². The van der Waals surface area contributed by atoms with Gasteiger partial charge in [-0.2, -0.15) is 0 Å². The van der Waals surface area contributed by atoms with Gasteiger partial charge in [0.05, 0.1) is 21.3 Å². The molecule has 0 heterocycles. The highest BCUT2D eigenvalue weighted by Gasteiger charge is 2.25. The van der Waals surface area contributed by atoms with Gasteiger partial charge in [-0.1, -0.05) is 12.1 Å². The third-order valence-electron chi connectivity index (χ3n) is 3.71. The number of carbonyl (C=O) groups is 1. The molecule has 0 unspecified atom stereocenters. The van der Waals surface area contributed by atoms with E-state index in [4.69, 9.17) is 14.2 Å². The lowest BCUT2D eigenvalue weighted by Gasteiger charge is -2.19. The van der Waals surface area contributed by atoms with Gasteiger partial charge >= 0.3 is 5.97 Å². The van der Waals surface area contributed by atoms with Gasteiger partial charge in [0.1, 0.15) is 5.56 Å². The van der Waals surface area contributed by atoms with Gasteiger partial charge in [-0.05, 0) is 23.8 Å². The van der Waals surface area contributed by atoms with Crippen LogP contribution in [0.4, 0.5) is 5.69 Å². The maximum Gasteiger partial charge on any atom is 0.339 e. The molecule has 6 heteroatoms. The SMILES string of the molecule is COc1c(C(=O)O)cc(-c2cccc(N(C)C)c2)c(OC)c1OC. The minimum atomic E-state index is -1.10. The first-order chi connectivity index (χ1) is 11.4. The topological polar surface area (TPSA) is 68.2 Å². The number of rotatable bonds is 6. The fourth-order valence-corrected chi connectivity index (χ4v) is 2.54. The summed E-state index contributed by atoms with van der Waals surface area (Å²) in [7, 11) is 8.24. The minimum absolute atomic E-state index is 0.0143. The second-order valence-electron chi connectivity index (χ2n) is 5.32. The number of nitrogens with zero attached hydrogens (tertiary/aromatic N) is 1. The Bertz CT molecular complexity index is 755. The molecule has 0 aliphatic rings. The lowest BCUT2D eigenvalue weighted by atomic mass is 9.99. The van der Waals surface area contributed by atoms with Crippen molar-refractivity contribution >= 4 is 11.7 Å². The maximum absolute atomic E-state index is 11.6. The van der Waals surface area contributed by atoms with Crippen molar-refractivity contribution in [2.24, 2.45) is 0 Å². The molecule has 0 spiro atoms. The Morgan fingerprint density at radius 1 is 0.958 bits per heavy atom. The number of aromatic carboxylic acids is 1. The number of benzene rings is 2. The molecule has 0 saturated carbocycles. The molecule has 1 N–H and O–H groups in total. The van der Waals surface area contributed by atoms with Crippen LogP contribution in [0.25, 0.3) is 11.1 Å². The van der Waals surface area contributed by atoms with E-state index in [0.29, 0.717) is 11.3 Å². The van der Waals surface area contributed by atoms with Crippen molar-refractivity contribution in [1.29, 1.82) is 0 Å². The molecule has 0 aliphatic carbocycles. The van der Waals surface area contributed by atoms with Crippen molar-refractivity contribution in [2.75, 3.05) is 40.3 Å². The van der Waals surface area contributed by atoms with Crippen LogP contribution in [0.3, 0.4) is 0 Å². The molecule has 24 heavy (non-hydrogen) atoms. The van der Waals surface area contributed by atoms with E-state index >= 15 is 0 Å². The van der Waals surface area contributed by atoms with Gasteiger partial charge in [0, 0.05) is 25.3 Å². The first-order valence-corrected chi connectivity index (χ1v) is 7.28. The molecule has 0 saturated heterocycles. The number of carboxylic acid groups (broad SMARTS) is 1. The number of methoxy groups -OCH3 is 3. The smallest absolute Gasteiger partial charge is 0.339 e. The van der Waals surface area contributed by atoms with Crippen molar-refractivity contribution in [1.82, 2.24) is 0 Å². The molecule has 2 aromatic rings. The quantitative estimate of drug-likeness (QED) is 0.877. The van der Waals surface area contributed by atoms with Gasteiger partial charge in [0.25, 0.3) is 0 Å². The van der Waals surface area contributed by atoms with E-state index in [9.17, 15) is 9.90 Å². The summed E-state index contributed by atoms with van der Waals surface area (Å²) < 4.78 is 16.1. The number of anilines is 1. The fourth-order valence-electron chi connectivity index (χ4n) is 2.54. The van der Waals surface area contributed by atoms with E-state index in [1.165, 1.54) is 27.4 Å². The van der Waals surface area contributed by atoms with Crippen molar-refractivity contribution in [3.63, 3.8) is 0 Å². The predicted molar refractivity (Wildman–Crippen MR) is 92.8 cm³/mol. The maximum atomic E-state index is 11.6. The molecular formula is C18H21NO5. The Kier molecular flexibility index (Phi) is 5.18.